The van der Waals surface area contributed by atoms with Crippen molar-refractivity contribution in [3.8, 4) is 11.5 Å². The molecule has 1 N–H and O–H groups in total. The number of para-hydroxylation sites is 1. The number of rotatable bonds is 9. The highest BCUT2D eigenvalue weighted by molar-refractivity contribution is 6.45. The zero-order valence-corrected chi connectivity index (χ0v) is 18.3. The van der Waals surface area contributed by atoms with Gasteiger partial charge in [0.25, 0.3) is 11.8 Å². The molecule has 0 aromatic heterocycles. The minimum Gasteiger partial charge on any atom is -0.496 e. The minimum absolute atomic E-state index is 0.150. The molecule has 3 rings (SSSR count). The molecule has 0 fully saturated rings. The van der Waals surface area contributed by atoms with Gasteiger partial charge in [0.1, 0.15) is 17.2 Å². The van der Waals surface area contributed by atoms with Gasteiger partial charge in [0.05, 0.1) is 31.6 Å². The molecule has 0 saturated carbocycles. The van der Waals surface area contributed by atoms with E-state index in [0.717, 1.165) is 4.90 Å². The maximum Gasteiger partial charge on any atom is 0.282 e. The van der Waals surface area contributed by atoms with E-state index in [1.165, 1.54) is 7.11 Å². The van der Waals surface area contributed by atoms with Crippen molar-refractivity contribution in [2.24, 2.45) is 5.92 Å². The molecule has 1 aliphatic rings. The molecule has 0 radical (unpaired) electrons. The van der Waals surface area contributed by atoms with E-state index < -0.39 is 11.8 Å². The lowest BCUT2D eigenvalue weighted by Gasteiger charge is -2.20. The van der Waals surface area contributed by atoms with E-state index >= 15 is 0 Å². The third-order valence-corrected chi connectivity index (χ3v) is 4.93. The van der Waals surface area contributed by atoms with Crippen molar-refractivity contribution >= 4 is 23.1 Å². The lowest BCUT2D eigenvalue weighted by atomic mass is 10.0. The normalized spacial score (nSPS) is 13.9. The van der Waals surface area contributed by atoms with Crippen molar-refractivity contribution in [3.05, 3.63) is 59.8 Å². The molecule has 0 spiro atoms. The molecule has 1 heterocycles. The van der Waals surface area contributed by atoms with Crippen molar-refractivity contribution in [1.29, 1.82) is 0 Å². The zero-order valence-electron chi connectivity index (χ0n) is 18.3. The zero-order chi connectivity index (χ0) is 22.5. The Labute approximate surface area is 182 Å². The molecule has 2 aromatic carbocycles. The number of benzene rings is 2. The Morgan fingerprint density at radius 3 is 2.32 bits per heavy atom. The monoisotopic (exact) mass is 424 g/mol. The molecule has 0 saturated heterocycles. The van der Waals surface area contributed by atoms with Gasteiger partial charge in [-0.25, -0.2) is 4.90 Å². The van der Waals surface area contributed by atoms with Crippen molar-refractivity contribution in [2.45, 2.75) is 13.8 Å². The average molecular weight is 424 g/mol. The summed E-state index contributed by atoms with van der Waals surface area (Å²) in [6, 6.07) is 14.0. The average Bonchev–Trinajstić information content (AvgIpc) is 3.02. The Morgan fingerprint density at radius 1 is 1.03 bits per heavy atom. The summed E-state index contributed by atoms with van der Waals surface area (Å²) >= 11 is 0. The molecule has 2 amide bonds. The predicted molar refractivity (Wildman–Crippen MR) is 119 cm³/mol. The summed E-state index contributed by atoms with van der Waals surface area (Å²) in [4.78, 5) is 29.6. The second-order valence-corrected chi connectivity index (χ2v) is 7.71. The molecule has 0 bridgehead atoms. The SMILES string of the molecule is COc1ccccc1C1=C(N(C)CCO)C(=O)N(c2ccc(OCC(C)C)cc2)C1=O. The fourth-order valence-corrected chi connectivity index (χ4v) is 3.42. The van der Waals surface area contributed by atoms with Gasteiger partial charge in [0.2, 0.25) is 0 Å². The highest BCUT2D eigenvalue weighted by Crippen LogP contribution is 2.38. The molecule has 31 heavy (non-hydrogen) atoms. The summed E-state index contributed by atoms with van der Waals surface area (Å²) in [5.41, 5.74) is 1.46. The molecule has 7 nitrogen and oxygen atoms in total. The molecular formula is C24H28N2O5. The van der Waals surface area contributed by atoms with Crippen LogP contribution in [0.5, 0.6) is 11.5 Å². The number of methoxy groups -OCH3 is 1. The number of likely N-dealkylation sites (N-methyl/N-ethyl adjacent to an activating group) is 1. The number of carbonyl (C=O) groups is 2. The van der Waals surface area contributed by atoms with E-state index in [0.29, 0.717) is 35.3 Å². The number of imide groups is 1. The van der Waals surface area contributed by atoms with Crippen molar-refractivity contribution in [3.63, 3.8) is 0 Å². The number of aliphatic hydroxyl groups excluding tert-OH is 1. The molecule has 0 aliphatic carbocycles. The van der Waals surface area contributed by atoms with Gasteiger partial charge in [-0.3, -0.25) is 9.59 Å². The highest BCUT2D eigenvalue weighted by Gasteiger charge is 2.42. The lowest BCUT2D eigenvalue weighted by molar-refractivity contribution is -0.120. The van der Waals surface area contributed by atoms with Crippen LogP contribution in [0.1, 0.15) is 19.4 Å². The summed E-state index contributed by atoms with van der Waals surface area (Å²) in [7, 11) is 3.20. The van der Waals surface area contributed by atoms with E-state index in [1.54, 1.807) is 60.5 Å². The maximum atomic E-state index is 13.5. The van der Waals surface area contributed by atoms with Crippen molar-refractivity contribution in [1.82, 2.24) is 4.90 Å². The van der Waals surface area contributed by atoms with Crippen LogP contribution in [0.25, 0.3) is 5.57 Å². The number of nitrogens with zero attached hydrogens (tertiary/aromatic N) is 2. The second kappa shape index (κ2) is 9.66. The molecule has 2 aromatic rings. The van der Waals surface area contributed by atoms with Crippen LogP contribution in [0.2, 0.25) is 0 Å². The van der Waals surface area contributed by atoms with Gasteiger partial charge in [0, 0.05) is 19.2 Å². The first-order chi connectivity index (χ1) is 14.9. The summed E-state index contributed by atoms with van der Waals surface area (Å²) in [5.74, 6) is 0.668. The van der Waals surface area contributed by atoms with E-state index in [4.69, 9.17) is 9.47 Å². The Morgan fingerprint density at radius 2 is 1.71 bits per heavy atom. The molecule has 7 heteroatoms. The third kappa shape index (κ3) is 4.56. The van der Waals surface area contributed by atoms with E-state index in [9.17, 15) is 14.7 Å². The van der Waals surface area contributed by atoms with Crippen LogP contribution >= 0.6 is 0 Å². The molecule has 164 valence electrons. The van der Waals surface area contributed by atoms with Crippen LogP contribution in [-0.4, -0.2) is 55.7 Å². The molecular weight excluding hydrogens is 396 g/mol. The van der Waals surface area contributed by atoms with Crippen LogP contribution < -0.4 is 14.4 Å². The highest BCUT2D eigenvalue weighted by atomic mass is 16.5. The summed E-state index contributed by atoms with van der Waals surface area (Å²) in [5, 5.41) is 9.40. The Bertz CT molecular complexity index is 982. The number of anilines is 1. The summed E-state index contributed by atoms with van der Waals surface area (Å²) in [6.07, 6.45) is 0. The lowest BCUT2D eigenvalue weighted by Crippen LogP contribution is -2.34. The van der Waals surface area contributed by atoms with Gasteiger partial charge in [0.15, 0.2) is 0 Å². The Kier molecular flexibility index (Phi) is 6.97. The first-order valence-electron chi connectivity index (χ1n) is 10.2. The molecule has 1 aliphatic heterocycles. The summed E-state index contributed by atoms with van der Waals surface area (Å²) < 4.78 is 11.1. The van der Waals surface area contributed by atoms with Gasteiger partial charge >= 0.3 is 0 Å². The van der Waals surface area contributed by atoms with E-state index in [2.05, 4.69) is 13.8 Å². The number of amides is 2. The first kappa shape index (κ1) is 22.4. The van der Waals surface area contributed by atoms with Gasteiger partial charge in [-0.15, -0.1) is 0 Å². The largest absolute Gasteiger partial charge is 0.496 e. The molecule has 0 atom stereocenters. The second-order valence-electron chi connectivity index (χ2n) is 7.71. The minimum atomic E-state index is -0.447. The van der Waals surface area contributed by atoms with Gasteiger partial charge in [-0.05, 0) is 36.2 Å². The Balaban J connectivity index is 2.01. The van der Waals surface area contributed by atoms with Crippen molar-refractivity contribution < 1.29 is 24.2 Å². The van der Waals surface area contributed by atoms with Gasteiger partial charge in [-0.2, -0.15) is 0 Å². The van der Waals surface area contributed by atoms with Gasteiger partial charge in [-0.1, -0.05) is 32.0 Å². The topological polar surface area (TPSA) is 79.3 Å². The number of carbonyl (C=O) groups excluding carboxylic acids is 2. The number of ether oxygens (including phenoxy) is 2. The Hall–Kier alpha value is -3.32. The number of hydrogen-bond donors (Lipinski definition) is 1. The summed E-state index contributed by atoms with van der Waals surface area (Å²) in [6.45, 7) is 4.76. The standard InChI is InChI=1S/C24H28N2O5/c1-16(2)15-31-18-11-9-17(10-12-18)26-23(28)21(19-7-5-6-8-20(19)30-4)22(24(26)29)25(3)13-14-27/h5-12,16,27H,13-15H2,1-4H3. The number of aliphatic hydroxyl groups is 1. The fraction of sp³-hybridized carbons (Fsp3) is 0.333. The van der Waals surface area contributed by atoms with Crippen LogP contribution in [0.3, 0.4) is 0 Å². The van der Waals surface area contributed by atoms with E-state index in [1.807, 2.05) is 0 Å². The first-order valence-corrected chi connectivity index (χ1v) is 10.2. The quantitative estimate of drug-likeness (QED) is 0.624. The van der Waals surface area contributed by atoms with Crippen LogP contribution in [0.4, 0.5) is 5.69 Å². The predicted octanol–water partition coefficient (Wildman–Crippen LogP) is 2.94. The maximum absolute atomic E-state index is 13.5. The van der Waals surface area contributed by atoms with Crippen LogP contribution in [0.15, 0.2) is 54.2 Å². The van der Waals surface area contributed by atoms with Gasteiger partial charge < -0.3 is 19.5 Å². The van der Waals surface area contributed by atoms with Crippen LogP contribution in [-0.2, 0) is 9.59 Å². The van der Waals surface area contributed by atoms with E-state index in [-0.39, 0.29) is 24.4 Å². The third-order valence-electron chi connectivity index (χ3n) is 4.93. The van der Waals surface area contributed by atoms with Crippen LogP contribution in [0, 0.1) is 5.92 Å². The number of hydrogen-bond acceptors (Lipinski definition) is 6. The fourth-order valence-electron chi connectivity index (χ4n) is 3.42. The smallest absolute Gasteiger partial charge is 0.282 e. The molecule has 0 unspecified atom stereocenters. The van der Waals surface area contributed by atoms with Crippen molar-refractivity contribution in [2.75, 3.05) is 38.8 Å².